The Morgan fingerprint density at radius 1 is 1.43 bits per heavy atom. The number of nitriles is 1. The first-order valence-corrected chi connectivity index (χ1v) is 7.06. The summed E-state index contributed by atoms with van der Waals surface area (Å²) in [6.07, 6.45) is 1.01. The summed E-state index contributed by atoms with van der Waals surface area (Å²) in [5, 5.41) is 19.1. The Morgan fingerprint density at radius 2 is 2.14 bits per heavy atom. The topological polar surface area (TPSA) is 98.9 Å². The van der Waals surface area contributed by atoms with E-state index in [1.54, 1.807) is 0 Å². The quantitative estimate of drug-likeness (QED) is 0.882. The number of aromatic nitrogens is 2. The predicted octanol–water partition coefficient (Wildman–Crippen LogP) is 1.82. The van der Waals surface area contributed by atoms with Crippen LogP contribution in [0, 0.1) is 11.3 Å². The maximum atomic E-state index is 12.0. The lowest BCUT2D eigenvalue weighted by Crippen LogP contribution is -2.31. The Kier molecular flexibility index (Phi) is 4.29. The van der Waals surface area contributed by atoms with Crippen LogP contribution in [0.2, 0.25) is 0 Å². The van der Waals surface area contributed by atoms with E-state index in [-0.39, 0.29) is 11.4 Å². The van der Waals surface area contributed by atoms with Crippen LogP contribution >= 0.6 is 15.9 Å². The number of benzene rings is 1. The molecule has 108 valence electrons. The Balaban J connectivity index is 2.76. The van der Waals surface area contributed by atoms with Crippen molar-refractivity contribution < 1.29 is 5.11 Å². The van der Waals surface area contributed by atoms with Crippen molar-refractivity contribution in [3.63, 3.8) is 0 Å². The Morgan fingerprint density at radius 3 is 2.71 bits per heavy atom. The zero-order valence-electron chi connectivity index (χ0n) is 11.2. The van der Waals surface area contributed by atoms with E-state index in [0.717, 1.165) is 4.57 Å². The molecule has 7 heteroatoms. The molecule has 0 saturated carbocycles. The number of aromatic amines is 1. The van der Waals surface area contributed by atoms with Crippen LogP contribution in [0.25, 0.3) is 5.69 Å². The van der Waals surface area contributed by atoms with Gasteiger partial charge in [0.1, 0.15) is 0 Å². The summed E-state index contributed by atoms with van der Waals surface area (Å²) in [5.41, 5.74) is -0.391. The number of nitrogens with zero attached hydrogens (tertiary/aromatic N) is 2. The highest BCUT2D eigenvalue weighted by Crippen LogP contribution is 2.25. The number of hydrogen-bond acceptors (Lipinski definition) is 4. The highest BCUT2D eigenvalue weighted by atomic mass is 79.9. The summed E-state index contributed by atoms with van der Waals surface area (Å²) in [6, 6.07) is 6.56. The largest absolute Gasteiger partial charge is 0.494 e. The van der Waals surface area contributed by atoms with Crippen LogP contribution in [0.1, 0.15) is 24.5 Å². The van der Waals surface area contributed by atoms with Crippen LogP contribution in [0.4, 0.5) is 0 Å². The van der Waals surface area contributed by atoms with Crippen LogP contribution in [0.3, 0.4) is 0 Å². The van der Waals surface area contributed by atoms with Gasteiger partial charge in [-0.3, -0.25) is 9.78 Å². The Labute approximate surface area is 128 Å². The summed E-state index contributed by atoms with van der Waals surface area (Å²) >= 11 is 3.26. The van der Waals surface area contributed by atoms with Crippen molar-refractivity contribution in [2.24, 2.45) is 0 Å². The first kappa shape index (κ1) is 15.1. The van der Waals surface area contributed by atoms with Crippen molar-refractivity contribution in [2.45, 2.75) is 19.8 Å². The lowest BCUT2D eigenvalue weighted by molar-refractivity contribution is 0.422. The standard InChI is InChI=1S/C14H12BrN3O3/c1-2-3-9-12(19)17-14(21)18(13(9)20)11-5-4-8(7-16)6-10(11)15/h4-6,20H,2-3H2,1H3,(H,17,19,21). The number of hydrogen-bond donors (Lipinski definition) is 2. The summed E-state index contributed by atoms with van der Waals surface area (Å²) in [4.78, 5) is 25.9. The third-order valence-corrected chi connectivity index (χ3v) is 3.63. The molecule has 1 aromatic heterocycles. The van der Waals surface area contributed by atoms with Crippen molar-refractivity contribution >= 4 is 15.9 Å². The van der Waals surface area contributed by atoms with E-state index in [2.05, 4.69) is 20.9 Å². The van der Waals surface area contributed by atoms with Gasteiger partial charge in [0.15, 0.2) is 0 Å². The van der Waals surface area contributed by atoms with Crippen LogP contribution in [0.5, 0.6) is 5.88 Å². The molecule has 0 radical (unpaired) electrons. The molecule has 0 bridgehead atoms. The van der Waals surface area contributed by atoms with Gasteiger partial charge in [0.05, 0.1) is 22.9 Å². The molecule has 1 heterocycles. The Bertz CT molecular complexity index is 846. The third kappa shape index (κ3) is 2.76. The summed E-state index contributed by atoms with van der Waals surface area (Å²) in [7, 11) is 0. The molecule has 0 saturated heterocycles. The minimum Gasteiger partial charge on any atom is -0.494 e. The molecule has 0 atom stereocenters. The maximum Gasteiger partial charge on any atom is 0.335 e. The van der Waals surface area contributed by atoms with E-state index in [0.29, 0.717) is 28.6 Å². The van der Waals surface area contributed by atoms with Gasteiger partial charge < -0.3 is 5.11 Å². The number of rotatable bonds is 3. The molecule has 0 fully saturated rings. The van der Waals surface area contributed by atoms with Crippen molar-refractivity contribution in [1.82, 2.24) is 9.55 Å². The van der Waals surface area contributed by atoms with Crippen molar-refractivity contribution in [1.29, 1.82) is 5.26 Å². The van der Waals surface area contributed by atoms with Crippen LogP contribution in [0.15, 0.2) is 32.3 Å². The van der Waals surface area contributed by atoms with Gasteiger partial charge in [-0.05, 0) is 40.5 Å². The zero-order valence-corrected chi connectivity index (χ0v) is 12.8. The molecule has 0 aliphatic heterocycles. The van der Waals surface area contributed by atoms with Gasteiger partial charge >= 0.3 is 5.69 Å². The zero-order chi connectivity index (χ0) is 15.6. The molecule has 0 spiro atoms. The van der Waals surface area contributed by atoms with Gasteiger partial charge in [0.2, 0.25) is 5.88 Å². The van der Waals surface area contributed by atoms with E-state index in [1.165, 1.54) is 18.2 Å². The predicted molar refractivity (Wildman–Crippen MR) is 80.7 cm³/mol. The average molecular weight is 350 g/mol. The molecule has 2 N–H and O–H groups in total. The maximum absolute atomic E-state index is 12.0. The summed E-state index contributed by atoms with van der Waals surface area (Å²) in [5.74, 6) is -0.379. The summed E-state index contributed by atoms with van der Waals surface area (Å²) < 4.78 is 1.48. The number of H-pyrrole nitrogens is 1. The molecular weight excluding hydrogens is 338 g/mol. The Hall–Kier alpha value is -2.33. The molecule has 21 heavy (non-hydrogen) atoms. The van der Waals surface area contributed by atoms with E-state index in [9.17, 15) is 14.7 Å². The molecule has 2 rings (SSSR count). The van der Waals surface area contributed by atoms with E-state index in [1.807, 2.05) is 13.0 Å². The average Bonchev–Trinajstić information content (AvgIpc) is 2.44. The molecule has 1 aromatic carbocycles. The van der Waals surface area contributed by atoms with Crippen LogP contribution in [-0.2, 0) is 6.42 Å². The fourth-order valence-electron chi connectivity index (χ4n) is 2.02. The fourth-order valence-corrected chi connectivity index (χ4v) is 2.57. The minimum atomic E-state index is -0.734. The number of aromatic hydroxyl groups is 1. The lowest BCUT2D eigenvalue weighted by Gasteiger charge is -2.12. The monoisotopic (exact) mass is 349 g/mol. The molecular formula is C14H12BrN3O3. The van der Waals surface area contributed by atoms with E-state index < -0.39 is 11.2 Å². The lowest BCUT2D eigenvalue weighted by atomic mass is 10.2. The van der Waals surface area contributed by atoms with E-state index >= 15 is 0 Å². The first-order valence-electron chi connectivity index (χ1n) is 6.26. The van der Waals surface area contributed by atoms with Crippen molar-refractivity contribution in [3.05, 3.63) is 54.6 Å². The second kappa shape index (κ2) is 5.97. The number of nitrogens with one attached hydrogen (secondary N) is 1. The highest BCUT2D eigenvalue weighted by molar-refractivity contribution is 9.10. The fraction of sp³-hybridized carbons (Fsp3) is 0.214. The highest BCUT2D eigenvalue weighted by Gasteiger charge is 2.16. The van der Waals surface area contributed by atoms with E-state index in [4.69, 9.17) is 5.26 Å². The third-order valence-electron chi connectivity index (χ3n) is 3.00. The van der Waals surface area contributed by atoms with Crippen LogP contribution in [-0.4, -0.2) is 14.7 Å². The SMILES string of the molecule is CCCc1c(O)n(-c2ccc(C#N)cc2Br)c(=O)[nH]c1=O. The van der Waals surface area contributed by atoms with Gasteiger partial charge in [-0.15, -0.1) is 0 Å². The summed E-state index contributed by atoms with van der Waals surface area (Å²) in [6.45, 7) is 1.87. The minimum absolute atomic E-state index is 0.161. The van der Waals surface area contributed by atoms with Gasteiger partial charge in [-0.25, -0.2) is 9.36 Å². The van der Waals surface area contributed by atoms with Gasteiger partial charge in [-0.1, -0.05) is 13.3 Å². The number of halogens is 1. The van der Waals surface area contributed by atoms with Crippen LogP contribution < -0.4 is 11.2 Å². The van der Waals surface area contributed by atoms with Gasteiger partial charge in [0, 0.05) is 4.47 Å². The smallest absolute Gasteiger partial charge is 0.335 e. The normalized spacial score (nSPS) is 10.3. The van der Waals surface area contributed by atoms with Crippen molar-refractivity contribution in [2.75, 3.05) is 0 Å². The second-order valence-electron chi connectivity index (χ2n) is 4.42. The molecule has 0 amide bonds. The van der Waals surface area contributed by atoms with Gasteiger partial charge in [-0.2, -0.15) is 5.26 Å². The van der Waals surface area contributed by atoms with Crippen molar-refractivity contribution in [3.8, 4) is 17.6 Å². The molecule has 0 unspecified atom stereocenters. The molecule has 0 aliphatic rings. The molecule has 6 nitrogen and oxygen atoms in total. The molecule has 2 aromatic rings. The second-order valence-corrected chi connectivity index (χ2v) is 5.28. The first-order chi connectivity index (χ1) is 9.99. The molecule has 0 aliphatic carbocycles. The van der Waals surface area contributed by atoms with Gasteiger partial charge in [0.25, 0.3) is 5.56 Å².